The van der Waals surface area contributed by atoms with Crippen LogP contribution in [-0.2, 0) is 16.1 Å². The smallest absolute Gasteiger partial charge is 0.406 e. The van der Waals surface area contributed by atoms with Crippen LogP contribution in [0.1, 0.15) is 36.7 Å². The molecule has 4 rings (SSSR count). The Hall–Kier alpha value is -3.93. The van der Waals surface area contributed by atoms with E-state index in [9.17, 15) is 18.0 Å². The van der Waals surface area contributed by atoms with E-state index in [-0.39, 0.29) is 17.8 Å². The lowest BCUT2D eigenvalue weighted by Gasteiger charge is -2.32. The van der Waals surface area contributed by atoms with Gasteiger partial charge < -0.3 is 25.0 Å². The van der Waals surface area contributed by atoms with Crippen LogP contribution in [0.3, 0.4) is 0 Å². The van der Waals surface area contributed by atoms with Crippen molar-refractivity contribution in [3.05, 3.63) is 59.4 Å². The Bertz CT molecular complexity index is 1260. The summed E-state index contributed by atoms with van der Waals surface area (Å²) in [5, 5.41) is 6.04. The third kappa shape index (κ3) is 7.54. The molecule has 0 saturated carbocycles. The molecule has 2 aromatic carbocycles. The summed E-state index contributed by atoms with van der Waals surface area (Å²) in [5.74, 6) is 1.14. The van der Waals surface area contributed by atoms with Crippen molar-refractivity contribution in [1.29, 1.82) is 0 Å². The normalized spacial score (nSPS) is 14.3. The zero-order chi connectivity index (χ0) is 27.3. The number of aromatic nitrogens is 3. The van der Waals surface area contributed by atoms with Crippen LogP contribution in [0.5, 0.6) is 5.75 Å². The molecule has 1 amide bonds. The highest BCUT2D eigenvalue weighted by Gasteiger charge is 2.31. The molecule has 0 spiro atoms. The fourth-order valence-electron chi connectivity index (χ4n) is 4.11. The molecule has 0 bridgehead atoms. The van der Waals surface area contributed by atoms with Gasteiger partial charge >= 0.3 is 6.36 Å². The number of anilines is 4. The summed E-state index contributed by atoms with van der Waals surface area (Å²) in [4.78, 5) is 27.1. The first-order valence-electron chi connectivity index (χ1n) is 12.1. The van der Waals surface area contributed by atoms with Crippen LogP contribution in [0, 0.1) is 13.8 Å². The van der Waals surface area contributed by atoms with Gasteiger partial charge in [0.15, 0.2) is 0 Å². The number of benzene rings is 2. The van der Waals surface area contributed by atoms with E-state index in [1.807, 2.05) is 25.1 Å². The Morgan fingerprint density at radius 2 is 1.71 bits per heavy atom. The van der Waals surface area contributed by atoms with Crippen molar-refractivity contribution >= 4 is 29.2 Å². The number of halogens is 3. The van der Waals surface area contributed by atoms with E-state index in [1.165, 1.54) is 19.1 Å². The average Bonchev–Trinajstić information content (AvgIpc) is 2.85. The van der Waals surface area contributed by atoms with Crippen molar-refractivity contribution in [2.24, 2.45) is 0 Å². The molecule has 12 heteroatoms. The summed E-state index contributed by atoms with van der Waals surface area (Å²) in [7, 11) is 0. The minimum absolute atomic E-state index is 0.0112. The molecule has 1 aliphatic rings. The molecule has 1 fully saturated rings. The Morgan fingerprint density at radius 3 is 2.37 bits per heavy atom. The van der Waals surface area contributed by atoms with Crippen LogP contribution < -0.4 is 20.3 Å². The molecule has 1 aromatic heterocycles. The van der Waals surface area contributed by atoms with Gasteiger partial charge in [0.05, 0.1) is 12.7 Å². The molecule has 2 N–H and O–H groups in total. The maximum Gasteiger partial charge on any atom is 0.573 e. The summed E-state index contributed by atoms with van der Waals surface area (Å²) in [6.45, 7) is 6.83. The first-order valence-corrected chi connectivity index (χ1v) is 12.1. The van der Waals surface area contributed by atoms with Crippen LogP contribution in [0.15, 0.2) is 42.5 Å². The van der Waals surface area contributed by atoms with Crippen molar-refractivity contribution < 1.29 is 27.4 Å². The number of carbonyl (C=O) groups is 1. The Balaban J connectivity index is 1.33. The number of carbonyl (C=O) groups excluding carboxylic acids is 1. The second kappa shape index (κ2) is 11.6. The van der Waals surface area contributed by atoms with Gasteiger partial charge in [0.2, 0.25) is 17.8 Å². The fraction of sp³-hybridized carbons (Fsp3) is 0.385. The Labute approximate surface area is 218 Å². The number of hydrogen-bond acceptors (Lipinski definition) is 8. The highest BCUT2D eigenvalue weighted by Crippen LogP contribution is 2.27. The monoisotopic (exact) mass is 530 g/mol. The van der Waals surface area contributed by atoms with Gasteiger partial charge in [0.25, 0.3) is 0 Å². The van der Waals surface area contributed by atoms with Crippen LogP contribution in [0.4, 0.5) is 36.4 Å². The highest BCUT2D eigenvalue weighted by atomic mass is 19.4. The maximum absolute atomic E-state index is 12.3. The molecule has 3 aromatic rings. The molecule has 1 aliphatic heterocycles. The zero-order valence-electron chi connectivity index (χ0n) is 21.3. The van der Waals surface area contributed by atoms with Gasteiger partial charge in [-0.3, -0.25) is 4.79 Å². The average molecular weight is 531 g/mol. The minimum Gasteiger partial charge on any atom is -0.406 e. The van der Waals surface area contributed by atoms with Crippen LogP contribution >= 0.6 is 0 Å². The lowest BCUT2D eigenvalue weighted by molar-refractivity contribution is -0.274. The number of hydrogen-bond donors (Lipinski definition) is 2. The SMILES string of the molecule is CC(=O)Nc1cccc(Nc2nc(C)nc(N3CCC(OCc4ccc(OC(F)(F)F)cc4)CC3)n2)c1C. The van der Waals surface area contributed by atoms with Gasteiger partial charge in [-0.1, -0.05) is 18.2 Å². The molecule has 38 heavy (non-hydrogen) atoms. The van der Waals surface area contributed by atoms with Crippen molar-refractivity contribution in [1.82, 2.24) is 15.0 Å². The third-order valence-corrected chi connectivity index (χ3v) is 5.99. The molecule has 0 atom stereocenters. The van der Waals surface area contributed by atoms with Crippen LogP contribution in [0.25, 0.3) is 0 Å². The second-order valence-corrected chi connectivity index (χ2v) is 8.98. The zero-order valence-corrected chi connectivity index (χ0v) is 21.3. The van der Waals surface area contributed by atoms with Gasteiger partial charge in [-0.05, 0) is 62.1 Å². The molecule has 0 aliphatic carbocycles. The molecule has 2 heterocycles. The predicted molar refractivity (Wildman–Crippen MR) is 136 cm³/mol. The van der Waals surface area contributed by atoms with Gasteiger partial charge in [-0.25, -0.2) is 0 Å². The number of nitrogens with one attached hydrogen (secondary N) is 2. The largest absolute Gasteiger partial charge is 0.573 e. The van der Waals surface area contributed by atoms with Crippen molar-refractivity contribution in [2.45, 2.75) is 52.7 Å². The van der Waals surface area contributed by atoms with E-state index in [2.05, 4.69) is 35.2 Å². The Morgan fingerprint density at radius 1 is 1.03 bits per heavy atom. The van der Waals surface area contributed by atoms with E-state index in [0.717, 1.165) is 29.7 Å². The topological polar surface area (TPSA) is 102 Å². The molecule has 9 nitrogen and oxygen atoms in total. The molecule has 202 valence electrons. The standard InChI is InChI=1S/C26H29F3N6O3/c1-16-22(32-18(3)36)5-4-6-23(16)33-24-30-17(2)31-25(34-24)35-13-11-20(12-14-35)37-15-19-7-9-21(10-8-19)38-26(27,28)29/h4-10,20H,11-15H2,1-3H3,(H,32,36)(H,30,31,33,34). The van der Waals surface area contributed by atoms with Crippen LogP contribution in [0.2, 0.25) is 0 Å². The predicted octanol–water partition coefficient (Wildman–Crippen LogP) is 5.27. The summed E-state index contributed by atoms with van der Waals surface area (Å²) >= 11 is 0. The van der Waals surface area contributed by atoms with Crippen LogP contribution in [-0.4, -0.2) is 46.4 Å². The first-order chi connectivity index (χ1) is 18.1. The summed E-state index contributed by atoms with van der Waals surface area (Å²) in [6, 6.07) is 11.2. The number of piperidine rings is 1. The van der Waals surface area contributed by atoms with E-state index in [0.29, 0.717) is 43.1 Å². The summed E-state index contributed by atoms with van der Waals surface area (Å²) in [6.07, 6.45) is -3.20. The minimum atomic E-state index is -4.71. The molecular weight excluding hydrogens is 501 g/mol. The Kier molecular flexibility index (Phi) is 8.30. The number of ether oxygens (including phenoxy) is 2. The van der Waals surface area contributed by atoms with E-state index >= 15 is 0 Å². The number of amides is 1. The van der Waals surface area contributed by atoms with Crippen molar-refractivity contribution in [2.75, 3.05) is 28.6 Å². The lowest BCUT2D eigenvalue weighted by Crippen LogP contribution is -2.38. The second-order valence-electron chi connectivity index (χ2n) is 8.98. The molecule has 1 saturated heterocycles. The number of rotatable bonds is 8. The number of aryl methyl sites for hydroxylation is 1. The van der Waals surface area contributed by atoms with E-state index < -0.39 is 6.36 Å². The van der Waals surface area contributed by atoms with Gasteiger partial charge in [0.1, 0.15) is 11.6 Å². The first kappa shape index (κ1) is 27.1. The quantitative estimate of drug-likeness (QED) is 0.406. The van der Waals surface area contributed by atoms with Gasteiger partial charge in [-0.15, -0.1) is 13.2 Å². The van der Waals surface area contributed by atoms with Crippen molar-refractivity contribution in [3.8, 4) is 5.75 Å². The fourth-order valence-corrected chi connectivity index (χ4v) is 4.11. The summed E-state index contributed by atoms with van der Waals surface area (Å²) < 4.78 is 46.8. The highest BCUT2D eigenvalue weighted by molar-refractivity contribution is 5.90. The van der Waals surface area contributed by atoms with Gasteiger partial charge in [0, 0.05) is 31.4 Å². The maximum atomic E-state index is 12.3. The molecular formula is C26H29F3N6O3. The number of alkyl halides is 3. The van der Waals surface area contributed by atoms with Gasteiger partial charge in [-0.2, -0.15) is 15.0 Å². The number of nitrogens with zero attached hydrogens (tertiary/aromatic N) is 4. The molecule has 0 unspecified atom stereocenters. The van der Waals surface area contributed by atoms with E-state index in [4.69, 9.17) is 4.74 Å². The molecule has 0 radical (unpaired) electrons. The third-order valence-electron chi connectivity index (χ3n) is 5.99. The van der Waals surface area contributed by atoms with Crippen molar-refractivity contribution in [3.63, 3.8) is 0 Å². The lowest BCUT2D eigenvalue weighted by atomic mass is 10.1. The summed E-state index contributed by atoms with van der Waals surface area (Å²) in [5.41, 5.74) is 3.12. The van der Waals surface area contributed by atoms with E-state index in [1.54, 1.807) is 19.1 Å².